The largest absolute Gasteiger partial charge is 0.372 e. The lowest BCUT2D eigenvalue weighted by molar-refractivity contribution is 0.164. The van der Waals surface area contributed by atoms with Crippen LogP contribution in [0.25, 0.3) is 6.08 Å². The minimum Gasteiger partial charge on any atom is -0.372 e. The summed E-state index contributed by atoms with van der Waals surface area (Å²) < 4.78 is 0. The van der Waals surface area contributed by atoms with Crippen LogP contribution in [0.1, 0.15) is 5.56 Å². The summed E-state index contributed by atoms with van der Waals surface area (Å²) in [6, 6.07) is 7.58. The van der Waals surface area contributed by atoms with Gasteiger partial charge in [-0.05, 0) is 23.8 Å². The van der Waals surface area contributed by atoms with Crippen LogP contribution in [0.3, 0.4) is 0 Å². The van der Waals surface area contributed by atoms with Crippen LogP contribution in [0.15, 0.2) is 35.5 Å². The molecule has 2 rings (SSSR count). The van der Waals surface area contributed by atoms with E-state index in [-0.39, 0.29) is 0 Å². The van der Waals surface area contributed by atoms with Crippen molar-refractivity contribution in [2.45, 2.75) is 0 Å². The molecule has 4 heteroatoms. The predicted molar refractivity (Wildman–Crippen MR) is 57.0 cm³/mol. The third kappa shape index (κ3) is 2.26. The Labute approximate surface area is 87.0 Å². The van der Waals surface area contributed by atoms with E-state index in [1.807, 2.05) is 36.4 Å². The van der Waals surface area contributed by atoms with Gasteiger partial charge in [-0.2, -0.15) is 0 Å². The zero-order valence-corrected chi connectivity index (χ0v) is 8.16. The molecule has 0 atom stereocenters. The van der Waals surface area contributed by atoms with Crippen molar-refractivity contribution >= 4 is 23.5 Å². The molecule has 3 nitrogen and oxygen atoms in total. The first kappa shape index (κ1) is 9.09. The van der Waals surface area contributed by atoms with Gasteiger partial charge in [0, 0.05) is 5.02 Å². The van der Waals surface area contributed by atoms with Gasteiger partial charge in [-0.15, -0.1) is 0 Å². The maximum atomic E-state index is 5.76. The number of hydrogen-bond acceptors (Lipinski definition) is 3. The van der Waals surface area contributed by atoms with Gasteiger partial charge >= 0.3 is 0 Å². The fourth-order valence-electron chi connectivity index (χ4n) is 1.08. The highest BCUT2D eigenvalue weighted by molar-refractivity contribution is 6.30. The Morgan fingerprint density at radius 3 is 2.71 bits per heavy atom. The number of nitrogens with zero attached hydrogens (tertiary/aromatic N) is 1. The molecule has 1 N–H and O–H groups in total. The molecular weight excluding hydrogens is 200 g/mol. The van der Waals surface area contributed by atoms with Gasteiger partial charge in [0.15, 0.2) is 12.6 Å². The molecule has 1 aliphatic rings. The van der Waals surface area contributed by atoms with E-state index in [1.54, 1.807) is 0 Å². The zero-order chi connectivity index (χ0) is 9.80. The van der Waals surface area contributed by atoms with E-state index in [0.717, 1.165) is 16.4 Å². The molecule has 1 aliphatic heterocycles. The fourth-order valence-corrected chi connectivity index (χ4v) is 1.20. The van der Waals surface area contributed by atoms with E-state index in [9.17, 15) is 0 Å². The first-order valence-corrected chi connectivity index (χ1v) is 4.60. The van der Waals surface area contributed by atoms with Crippen molar-refractivity contribution < 1.29 is 4.84 Å². The molecule has 1 aromatic carbocycles. The topological polar surface area (TPSA) is 33.6 Å². The summed E-state index contributed by atoms with van der Waals surface area (Å²) in [7, 11) is 0. The summed E-state index contributed by atoms with van der Waals surface area (Å²) >= 11 is 5.76. The smallest absolute Gasteiger partial charge is 0.188 e. The molecule has 72 valence electrons. The zero-order valence-electron chi connectivity index (χ0n) is 7.40. The monoisotopic (exact) mass is 208 g/mol. The number of halogens is 1. The standard InChI is InChI=1S/C10H9ClN2O/c11-9-4-1-8(2-5-9)3-6-10-12-7-14-13-10/h1-6H,7H2,(H,12,13)/b6-3+. The maximum Gasteiger partial charge on any atom is 0.188 e. The third-order valence-corrected chi connectivity index (χ3v) is 2.04. The van der Waals surface area contributed by atoms with E-state index in [2.05, 4.69) is 10.5 Å². The molecule has 0 saturated carbocycles. The number of hydrogen-bond donors (Lipinski definition) is 1. The highest BCUT2D eigenvalue weighted by Gasteiger charge is 2.00. The molecule has 0 spiro atoms. The van der Waals surface area contributed by atoms with Crippen molar-refractivity contribution in [2.24, 2.45) is 5.16 Å². The quantitative estimate of drug-likeness (QED) is 0.809. The van der Waals surface area contributed by atoms with Crippen molar-refractivity contribution in [3.8, 4) is 0 Å². The van der Waals surface area contributed by atoms with Crippen molar-refractivity contribution in [2.75, 3.05) is 6.73 Å². The third-order valence-electron chi connectivity index (χ3n) is 1.78. The number of oxime groups is 1. The molecule has 0 bridgehead atoms. The molecule has 14 heavy (non-hydrogen) atoms. The molecule has 0 aromatic heterocycles. The second-order valence-corrected chi connectivity index (χ2v) is 3.25. The summed E-state index contributed by atoms with van der Waals surface area (Å²) in [4.78, 5) is 4.77. The van der Waals surface area contributed by atoms with Crippen LogP contribution in [-0.4, -0.2) is 12.6 Å². The molecule has 0 amide bonds. The Balaban J connectivity index is 2.06. The minimum atomic E-state index is 0.445. The van der Waals surface area contributed by atoms with E-state index < -0.39 is 0 Å². The first-order chi connectivity index (χ1) is 6.84. The van der Waals surface area contributed by atoms with Crippen LogP contribution in [0.5, 0.6) is 0 Å². The fraction of sp³-hybridized carbons (Fsp3) is 0.100. The van der Waals surface area contributed by atoms with E-state index >= 15 is 0 Å². The van der Waals surface area contributed by atoms with Gasteiger partial charge in [0.2, 0.25) is 0 Å². The molecule has 0 fully saturated rings. The number of amidine groups is 1. The van der Waals surface area contributed by atoms with Gasteiger partial charge in [-0.1, -0.05) is 35.0 Å². The highest BCUT2D eigenvalue weighted by atomic mass is 35.5. The summed E-state index contributed by atoms with van der Waals surface area (Å²) in [6.45, 7) is 0.445. The lowest BCUT2D eigenvalue weighted by atomic mass is 10.2. The van der Waals surface area contributed by atoms with Crippen LogP contribution >= 0.6 is 11.6 Å². The average Bonchev–Trinajstić information content (AvgIpc) is 2.70. The molecule has 0 aliphatic carbocycles. The molecule has 1 aromatic rings. The normalized spacial score (nSPS) is 15.1. The minimum absolute atomic E-state index is 0.445. The summed E-state index contributed by atoms with van der Waals surface area (Å²) in [5, 5.41) is 7.45. The van der Waals surface area contributed by atoms with Crippen molar-refractivity contribution in [1.82, 2.24) is 5.32 Å². The highest BCUT2D eigenvalue weighted by Crippen LogP contribution is 2.10. The van der Waals surface area contributed by atoms with E-state index in [1.165, 1.54) is 0 Å². The Morgan fingerprint density at radius 1 is 1.29 bits per heavy atom. The van der Waals surface area contributed by atoms with Crippen LogP contribution in [0, 0.1) is 0 Å². The lowest BCUT2D eigenvalue weighted by Crippen LogP contribution is -2.15. The van der Waals surface area contributed by atoms with Crippen LogP contribution in [0.4, 0.5) is 0 Å². The molecule has 0 radical (unpaired) electrons. The van der Waals surface area contributed by atoms with Crippen molar-refractivity contribution in [3.63, 3.8) is 0 Å². The van der Waals surface area contributed by atoms with Crippen LogP contribution in [0.2, 0.25) is 5.02 Å². The van der Waals surface area contributed by atoms with Crippen LogP contribution < -0.4 is 5.32 Å². The van der Waals surface area contributed by atoms with E-state index in [0.29, 0.717) is 6.73 Å². The summed E-state index contributed by atoms with van der Waals surface area (Å²) in [5.41, 5.74) is 1.07. The Hall–Kier alpha value is -1.48. The number of nitrogens with one attached hydrogen (secondary N) is 1. The Morgan fingerprint density at radius 2 is 2.07 bits per heavy atom. The first-order valence-electron chi connectivity index (χ1n) is 4.22. The van der Waals surface area contributed by atoms with Gasteiger partial charge in [-0.25, -0.2) is 0 Å². The van der Waals surface area contributed by atoms with Gasteiger partial charge in [-0.3, -0.25) is 0 Å². The SMILES string of the molecule is Clc1ccc(/C=C/C2=NOCN2)cc1. The van der Waals surface area contributed by atoms with E-state index in [4.69, 9.17) is 16.4 Å². The van der Waals surface area contributed by atoms with Crippen molar-refractivity contribution in [3.05, 3.63) is 40.9 Å². The Kier molecular flexibility index (Phi) is 2.70. The molecule has 0 unspecified atom stereocenters. The molecule has 0 saturated heterocycles. The average molecular weight is 209 g/mol. The van der Waals surface area contributed by atoms with Gasteiger partial charge < -0.3 is 10.2 Å². The van der Waals surface area contributed by atoms with Crippen LogP contribution in [-0.2, 0) is 4.84 Å². The van der Waals surface area contributed by atoms with Gasteiger partial charge in [0.1, 0.15) is 0 Å². The summed E-state index contributed by atoms with van der Waals surface area (Å²) in [6.07, 6.45) is 3.80. The predicted octanol–water partition coefficient (Wildman–Crippen LogP) is 2.24. The lowest BCUT2D eigenvalue weighted by Gasteiger charge is -1.93. The second-order valence-electron chi connectivity index (χ2n) is 2.81. The van der Waals surface area contributed by atoms with Gasteiger partial charge in [0.05, 0.1) is 0 Å². The summed E-state index contributed by atoms with van der Waals surface area (Å²) in [5.74, 6) is 0.736. The Bertz CT molecular complexity index is 370. The molecule has 1 heterocycles. The maximum absolute atomic E-state index is 5.76. The second kappa shape index (κ2) is 4.15. The number of benzene rings is 1. The molecular formula is C10H9ClN2O. The number of rotatable bonds is 2. The van der Waals surface area contributed by atoms with Crippen molar-refractivity contribution in [1.29, 1.82) is 0 Å². The van der Waals surface area contributed by atoms with Gasteiger partial charge in [0.25, 0.3) is 0 Å².